The molecule has 0 bridgehead atoms. The Kier molecular flexibility index (Phi) is 7.28. The van der Waals surface area contributed by atoms with Gasteiger partial charge in [0.2, 0.25) is 0 Å². The second kappa shape index (κ2) is 11.4. The molecule has 0 fully saturated rings. The number of rotatable bonds is 5. The number of hydrogen-bond acceptors (Lipinski definition) is 0. The first-order chi connectivity index (χ1) is 23.1. The molecular formula is C46H42Si2. The summed E-state index contributed by atoms with van der Waals surface area (Å²) >= 11 is 0. The van der Waals surface area contributed by atoms with Crippen LogP contribution in [0.25, 0.3) is 76.5 Å². The average molecular weight is 651 g/mol. The molecule has 0 amide bonds. The van der Waals surface area contributed by atoms with E-state index in [9.17, 15) is 0 Å². The highest BCUT2D eigenvalue weighted by Gasteiger charge is 2.23. The summed E-state index contributed by atoms with van der Waals surface area (Å²) in [4.78, 5) is 0. The van der Waals surface area contributed by atoms with Gasteiger partial charge in [-0.1, -0.05) is 195 Å². The average Bonchev–Trinajstić information content (AvgIpc) is 3.09. The number of fused-ring (bicyclic) bond motifs is 4. The van der Waals surface area contributed by atoms with E-state index in [2.05, 4.69) is 185 Å². The van der Waals surface area contributed by atoms with E-state index in [1.54, 1.807) is 0 Å². The van der Waals surface area contributed by atoms with Crippen LogP contribution >= 0.6 is 0 Å². The molecule has 0 saturated carbocycles. The van der Waals surface area contributed by atoms with Crippen LogP contribution in [-0.4, -0.2) is 16.1 Å². The predicted octanol–water partition coefficient (Wildman–Crippen LogP) is 12.4. The van der Waals surface area contributed by atoms with E-state index in [4.69, 9.17) is 0 Å². The van der Waals surface area contributed by atoms with Crippen LogP contribution in [-0.2, 0) is 0 Å². The molecule has 8 rings (SSSR count). The van der Waals surface area contributed by atoms with Crippen molar-refractivity contribution >= 4 is 69.6 Å². The maximum absolute atomic E-state index is 2.42. The van der Waals surface area contributed by atoms with E-state index in [0.29, 0.717) is 0 Å². The maximum Gasteiger partial charge on any atom is 0.0775 e. The minimum atomic E-state index is -1.41. The summed E-state index contributed by atoms with van der Waals surface area (Å²) in [5.41, 5.74) is 7.83. The van der Waals surface area contributed by atoms with Crippen LogP contribution in [0, 0.1) is 0 Å². The van der Waals surface area contributed by atoms with Gasteiger partial charge >= 0.3 is 0 Å². The van der Waals surface area contributed by atoms with Gasteiger partial charge in [0.25, 0.3) is 0 Å². The molecule has 2 heteroatoms. The maximum atomic E-state index is 2.42. The van der Waals surface area contributed by atoms with Crippen molar-refractivity contribution in [3.8, 4) is 33.4 Å². The number of hydrogen-bond donors (Lipinski definition) is 0. The summed E-state index contributed by atoms with van der Waals surface area (Å²) in [5.74, 6) is 0. The molecule has 0 aliphatic carbocycles. The fraction of sp³-hybridized carbons (Fsp3) is 0.130. The van der Waals surface area contributed by atoms with E-state index in [1.807, 2.05) is 0 Å². The van der Waals surface area contributed by atoms with Crippen LogP contribution in [0.2, 0.25) is 39.3 Å². The van der Waals surface area contributed by atoms with Gasteiger partial charge in [-0.15, -0.1) is 0 Å². The molecule has 0 atom stereocenters. The van der Waals surface area contributed by atoms with Crippen LogP contribution in [0.5, 0.6) is 0 Å². The third kappa shape index (κ3) is 5.03. The van der Waals surface area contributed by atoms with Gasteiger partial charge in [-0.2, -0.15) is 0 Å². The Bertz CT molecular complexity index is 2200. The SMILES string of the molecule is C[Si](C)(C)c1ccc(-c2c3ccccc3c(-c3c4ccccc4c(-c4ccc([Si](C)(C)C)cc4)c4ccccc34)c3ccccc23)cc1. The molecule has 234 valence electrons. The Morgan fingerprint density at radius 3 is 0.667 bits per heavy atom. The van der Waals surface area contributed by atoms with Gasteiger partial charge in [0.05, 0.1) is 16.1 Å². The van der Waals surface area contributed by atoms with E-state index >= 15 is 0 Å². The summed E-state index contributed by atoms with van der Waals surface area (Å²) in [6.45, 7) is 14.5. The zero-order valence-corrected chi connectivity index (χ0v) is 30.9. The van der Waals surface area contributed by atoms with E-state index < -0.39 is 16.1 Å². The molecule has 0 nitrogen and oxygen atoms in total. The lowest BCUT2D eigenvalue weighted by atomic mass is 9.81. The van der Waals surface area contributed by atoms with Gasteiger partial charge < -0.3 is 0 Å². The molecule has 0 radical (unpaired) electrons. The van der Waals surface area contributed by atoms with Gasteiger partial charge in [0.1, 0.15) is 0 Å². The van der Waals surface area contributed by atoms with Gasteiger partial charge in [-0.25, -0.2) is 0 Å². The third-order valence-corrected chi connectivity index (χ3v) is 14.3. The topological polar surface area (TPSA) is 0 Å². The highest BCUT2D eigenvalue weighted by atomic mass is 28.3. The molecule has 0 unspecified atom stereocenters. The minimum Gasteiger partial charge on any atom is -0.0656 e. The lowest BCUT2D eigenvalue weighted by molar-refractivity contribution is 1.65. The van der Waals surface area contributed by atoms with Crippen LogP contribution in [0.3, 0.4) is 0 Å². The molecule has 0 aromatic heterocycles. The van der Waals surface area contributed by atoms with Crippen molar-refractivity contribution in [1.82, 2.24) is 0 Å². The number of benzene rings is 8. The zero-order chi connectivity index (χ0) is 33.2. The molecule has 8 aromatic carbocycles. The van der Waals surface area contributed by atoms with Gasteiger partial charge in [-0.3, -0.25) is 0 Å². The molecular weight excluding hydrogens is 609 g/mol. The molecule has 0 aliphatic rings. The molecule has 0 N–H and O–H groups in total. The Hall–Kier alpha value is -4.77. The Labute approximate surface area is 286 Å². The summed E-state index contributed by atoms with van der Waals surface area (Å²) in [6.07, 6.45) is 0. The van der Waals surface area contributed by atoms with Crippen molar-refractivity contribution in [2.24, 2.45) is 0 Å². The van der Waals surface area contributed by atoms with Crippen molar-refractivity contribution in [2.45, 2.75) is 39.3 Å². The van der Waals surface area contributed by atoms with Crippen molar-refractivity contribution in [3.05, 3.63) is 146 Å². The third-order valence-electron chi connectivity index (χ3n) is 10.2. The van der Waals surface area contributed by atoms with Gasteiger partial charge in [0.15, 0.2) is 0 Å². The summed E-state index contributed by atoms with van der Waals surface area (Å²) in [7, 11) is -2.82. The lowest BCUT2D eigenvalue weighted by Gasteiger charge is -2.23. The summed E-state index contributed by atoms with van der Waals surface area (Å²) in [5, 5.41) is 13.3. The summed E-state index contributed by atoms with van der Waals surface area (Å²) < 4.78 is 0. The van der Waals surface area contributed by atoms with Crippen LogP contribution in [0.15, 0.2) is 146 Å². The van der Waals surface area contributed by atoms with Gasteiger partial charge in [-0.05, 0) is 76.5 Å². The van der Waals surface area contributed by atoms with Crippen molar-refractivity contribution in [3.63, 3.8) is 0 Å². The van der Waals surface area contributed by atoms with E-state index in [-0.39, 0.29) is 0 Å². The second-order valence-electron chi connectivity index (χ2n) is 15.3. The van der Waals surface area contributed by atoms with Crippen molar-refractivity contribution in [2.75, 3.05) is 0 Å². The smallest absolute Gasteiger partial charge is 0.0656 e. The van der Waals surface area contributed by atoms with Gasteiger partial charge in [0, 0.05) is 0 Å². The van der Waals surface area contributed by atoms with Crippen LogP contribution in [0.4, 0.5) is 0 Å². The first-order valence-corrected chi connectivity index (χ1v) is 24.2. The standard InChI is InChI=1S/C46H42Si2/c1-47(2,3)33-27-23-31(24-28-33)43-35-15-7-11-19-39(35)45(40-20-12-8-16-36(40)43)46-41-21-13-9-17-37(41)44(38-18-10-14-22-42(38)46)32-25-29-34(30-26-32)48(4,5)6/h7-30H,1-6H3. The first kappa shape index (κ1) is 30.6. The molecule has 0 heterocycles. The summed E-state index contributed by atoms with van der Waals surface area (Å²) in [6, 6.07) is 55.2. The molecule has 0 spiro atoms. The highest BCUT2D eigenvalue weighted by molar-refractivity contribution is 6.89. The van der Waals surface area contributed by atoms with Crippen molar-refractivity contribution < 1.29 is 0 Å². The zero-order valence-electron chi connectivity index (χ0n) is 28.9. The Morgan fingerprint density at radius 1 is 0.250 bits per heavy atom. The molecule has 0 saturated heterocycles. The minimum absolute atomic E-state index is 1.28. The Morgan fingerprint density at radius 2 is 0.458 bits per heavy atom. The molecule has 48 heavy (non-hydrogen) atoms. The predicted molar refractivity (Wildman–Crippen MR) is 219 cm³/mol. The largest absolute Gasteiger partial charge is 0.0775 e. The van der Waals surface area contributed by atoms with E-state index in [1.165, 1.54) is 86.8 Å². The fourth-order valence-electron chi connectivity index (χ4n) is 7.69. The first-order valence-electron chi connectivity index (χ1n) is 17.2. The lowest BCUT2D eigenvalue weighted by Crippen LogP contribution is -2.37. The van der Waals surface area contributed by atoms with Crippen LogP contribution < -0.4 is 10.4 Å². The quantitative estimate of drug-likeness (QED) is 0.128. The Balaban J connectivity index is 1.49. The van der Waals surface area contributed by atoms with E-state index in [0.717, 1.165) is 0 Å². The highest BCUT2D eigenvalue weighted by Crippen LogP contribution is 2.49. The monoisotopic (exact) mass is 650 g/mol. The normalized spacial score (nSPS) is 12.4. The van der Waals surface area contributed by atoms with Crippen LogP contribution in [0.1, 0.15) is 0 Å². The van der Waals surface area contributed by atoms with Crippen molar-refractivity contribution in [1.29, 1.82) is 0 Å². The molecule has 0 aliphatic heterocycles. The molecule has 8 aromatic rings. The fourth-order valence-corrected chi connectivity index (χ4v) is 10.0. The second-order valence-corrected chi connectivity index (χ2v) is 25.5.